The summed E-state index contributed by atoms with van der Waals surface area (Å²) in [6.07, 6.45) is 2.81. The number of H-pyrrole nitrogens is 1. The third-order valence-corrected chi connectivity index (χ3v) is 3.55. The number of nitrogens with one attached hydrogen (secondary N) is 1. The van der Waals surface area contributed by atoms with Gasteiger partial charge in [-0.25, -0.2) is 15.0 Å². The number of ether oxygens (including phenoxy) is 1. The lowest BCUT2D eigenvalue weighted by atomic mass is 10.3. The number of fused-ring (bicyclic) bond motifs is 1. The van der Waals surface area contributed by atoms with Crippen molar-refractivity contribution in [3.8, 4) is 5.88 Å². The number of alkyl halides is 2. The van der Waals surface area contributed by atoms with E-state index in [1.807, 2.05) is 0 Å². The number of nitrogens with zero attached hydrogens (tertiary/aromatic N) is 5. The van der Waals surface area contributed by atoms with Crippen molar-refractivity contribution < 1.29 is 13.5 Å². The average molecular weight is 387 g/mol. The molecule has 3 aromatic rings. The van der Waals surface area contributed by atoms with Crippen LogP contribution in [0.5, 0.6) is 5.88 Å². The van der Waals surface area contributed by atoms with Gasteiger partial charge in [-0.1, -0.05) is 0 Å². The van der Waals surface area contributed by atoms with Gasteiger partial charge in [0.2, 0.25) is 5.88 Å². The molecule has 0 bridgehead atoms. The minimum atomic E-state index is -2.79. The van der Waals surface area contributed by atoms with Gasteiger partial charge < -0.3 is 9.72 Å². The highest BCUT2D eigenvalue weighted by Crippen LogP contribution is 2.27. The highest BCUT2D eigenvalue weighted by Gasteiger charge is 2.19. The van der Waals surface area contributed by atoms with Crippen LogP contribution in [-0.4, -0.2) is 29.7 Å². The zero-order valence-electron chi connectivity index (χ0n) is 11.6. The predicted octanol–water partition coefficient (Wildman–Crippen LogP) is 2.21. The zero-order valence-corrected chi connectivity index (χ0v) is 13.2. The Hall–Kier alpha value is -2.43. The first-order valence-electron chi connectivity index (χ1n) is 6.35. The number of hydrogen-bond donors (Lipinski definition) is 1. The molecule has 23 heavy (non-hydrogen) atoms. The maximum Gasteiger partial charge on any atom is 0.334 e. The van der Waals surface area contributed by atoms with E-state index in [-0.39, 0.29) is 17.1 Å². The van der Waals surface area contributed by atoms with Crippen molar-refractivity contribution in [2.75, 3.05) is 0 Å². The lowest BCUT2D eigenvalue weighted by Gasteiger charge is -2.12. The largest absolute Gasteiger partial charge is 0.466 e. The van der Waals surface area contributed by atoms with Gasteiger partial charge in [0, 0.05) is 6.20 Å². The van der Waals surface area contributed by atoms with Crippen molar-refractivity contribution >= 4 is 26.8 Å². The van der Waals surface area contributed by atoms with Crippen LogP contribution in [0.4, 0.5) is 8.78 Å². The highest BCUT2D eigenvalue weighted by atomic mass is 79.9. The standard InChI is InChI=1S/C12H9BrF2N6O2/c1-5(9-19-4-21(20-9)12(14)15)23-11-7-8(6(13)2-16-11)17-3-18-10(7)22/h2-5,12H,1H3,(H,17,18,22). The molecule has 0 fully saturated rings. The Bertz CT molecular complexity index is 912. The summed E-state index contributed by atoms with van der Waals surface area (Å²) < 4.78 is 31.6. The van der Waals surface area contributed by atoms with Crippen LogP contribution in [-0.2, 0) is 0 Å². The molecule has 120 valence electrons. The van der Waals surface area contributed by atoms with E-state index in [4.69, 9.17) is 4.74 Å². The van der Waals surface area contributed by atoms with Crippen molar-refractivity contribution in [3.05, 3.63) is 39.5 Å². The minimum Gasteiger partial charge on any atom is -0.466 e. The molecule has 0 saturated heterocycles. The second kappa shape index (κ2) is 5.99. The Morgan fingerprint density at radius 2 is 2.13 bits per heavy atom. The smallest absolute Gasteiger partial charge is 0.334 e. The number of pyridine rings is 1. The molecule has 0 radical (unpaired) electrons. The fourth-order valence-corrected chi connectivity index (χ4v) is 2.30. The minimum absolute atomic E-state index is 0.0125. The van der Waals surface area contributed by atoms with Crippen LogP contribution in [0, 0.1) is 0 Å². The molecular weight excluding hydrogens is 378 g/mol. The molecule has 0 aromatic carbocycles. The first-order valence-corrected chi connectivity index (χ1v) is 7.14. The Balaban J connectivity index is 1.98. The summed E-state index contributed by atoms with van der Waals surface area (Å²) in [7, 11) is 0. The molecule has 1 unspecified atom stereocenters. The third kappa shape index (κ3) is 2.91. The molecule has 1 atom stereocenters. The van der Waals surface area contributed by atoms with Gasteiger partial charge in [-0.2, -0.15) is 13.5 Å². The van der Waals surface area contributed by atoms with Crippen molar-refractivity contribution in [2.45, 2.75) is 19.6 Å². The van der Waals surface area contributed by atoms with E-state index in [1.54, 1.807) is 6.92 Å². The molecule has 0 saturated carbocycles. The summed E-state index contributed by atoms with van der Waals surface area (Å²) >= 11 is 3.25. The summed E-state index contributed by atoms with van der Waals surface area (Å²) in [4.78, 5) is 26.3. The monoisotopic (exact) mass is 386 g/mol. The van der Waals surface area contributed by atoms with Crippen LogP contribution in [0.2, 0.25) is 0 Å². The van der Waals surface area contributed by atoms with E-state index in [0.717, 1.165) is 6.33 Å². The number of halogens is 3. The lowest BCUT2D eigenvalue weighted by molar-refractivity contribution is 0.0550. The quantitative estimate of drug-likeness (QED) is 0.737. The van der Waals surface area contributed by atoms with Gasteiger partial charge in [-0.3, -0.25) is 4.79 Å². The SMILES string of the molecule is CC(Oc1ncc(Br)c2nc[nH]c(=O)c12)c1ncn(C(F)F)n1. The lowest BCUT2D eigenvalue weighted by Crippen LogP contribution is -2.13. The van der Waals surface area contributed by atoms with Gasteiger partial charge in [0.1, 0.15) is 11.7 Å². The maximum atomic E-state index is 12.5. The number of hydrogen-bond acceptors (Lipinski definition) is 6. The molecule has 0 spiro atoms. The normalized spacial score (nSPS) is 12.7. The van der Waals surface area contributed by atoms with Crippen LogP contribution in [0.1, 0.15) is 25.4 Å². The molecule has 11 heteroatoms. The Morgan fingerprint density at radius 3 is 2.83 bits per heavy atom. The second-order valence-corrected chi connectivity index (χ2v) is 5.34. The van der Waals surface area contributed by atoms with Crippen LogP contribution in [0.15, 0.2) is 28.1 Å². The number of aromatic nitrogens is 6. The van der Waals surface area contributed by atoms with Gasteiger partial charge in [0.15, 0.2) is 11.9 Å². The summed E-state index contributed by atoms with van der Waals surface area (Å²) in [6.45, 7) is -1.23. The molecule has 8 nitrogen and oxygen atoms in total. The van der Waals surface area contributed by atoms with Crippen LogP contribution >= 0.6 is 15.9 Å². The van der Waals surface area contributed by atoms with E-state index in [1.165, 1.54) is 12.5 Å². The molecule has 0 amide bonds. The van der Waals surface area contributed by atoms with Crippen molar-refractivity contribution in [2.24, 2.45) is 0 Å². The number of aromatic amines is 1. The molecule has 0 aliphatic heterocycles. The molecule has 3 heterocycles. The van der Waals surface area contributed by atoms with Gasteiger partial charge >= 0.3 is 6.55 Å². The van der Waals surface area contributed by atoms with E-state index in [0.29, 0.717) is 14.7 Å². The molecule has 3 aromatic heterocycles. The first kappa shape index (κ1) is 15.5. The summed E-state index contributed by atoms with van der Waals surface area (Å²) in [6, 6.07) is 0. The summed E-state index contributed by atoms with van der Waals surface area (Å²) in [5.74, 6) is 0.0573. The van der Waals surface area contributed by atoms with Gasteiger partial charge in [0.05, 0.1) is 16.3 Å². The fourth-order valence-electron chi connectivity index (χ4n) is 1.90. The summed E-state index contributed by atoms with van der Waals surface area (Å²) in [5, 5.41) is 3.76. The Labute approximate surface area is 135 Å². The zero-order chi connectivity index (χ0) is 16.6. The van der Waals surface area contributed by atoms with E-state index in [2.05, 4.69) is 41.0 Å². The third-order valence-electron chi connectivity index (χ3n) is 2.97. The molecule has 3 rings (SSSR count). The predicted molar refractivity (Wildman–Crippen MR) is 78.2 cm³/mol. The molecule has 0 aliphatic rings. The molecular formula is C12H9BrF2N6O2. The van der Waals surface area contributed by atoms with Crippen LogP contribution < -0.4 is 10.3 Å². The van der Waals surface area contributed by atoms with Crippen molar-refractivity contribution in [3.63, 3.8) is 0 Å². The van der Waals surface area contributed by atoms with E-state index < -0.39 is 18.2 Å². The molecule has 1 N–H and O–H groups in total. The maximum absolute atomic E-state index is 12.5. The van der Waals surface area contributed by atoms with E-state index in [9.17, 15) is 13.6 Å². The number of rotatable bonds is 4. The first-order chi connectivity index (χ1) is 11.0. The van der Waals surface area contributed by atoms with Crippen LogP contribution in [0.3, 0.4) is 0 Å². The van der Waals surface area contributed by atoms with Crippen LogP contribution in [0.25, 0.3) is 10.9 Å². The fraction of sp³-hybridized carbons (Fsp3) is 0.250. The average Bonchev–Trinajstić information content (AvgIpc) is 3.00. The van der Waals surface area contributed by atoms with Gasteiger partial charge in [0.25, 0.3) is 5.56 Å². The van der Waals surface area contributed by atoms with Crippen molar-refractivity contribution in [1.29, 1.82) is 0 Å². The highest BCUT2D eigenvalue weighted by molar-refractivity contribution is 9.10. The van der Waals surface area contributed by atoms with Gasteiger partial charge in [-0.05, 0) is 22.9 Å². The van der Waals surface area contributed by atoms with Crippen molar-refractivity contribution in [1.82, 2.24) is 29.7 Å². The Kier molecular flexibility index (Phi) is 4.03. The topological polar surface area (TPSA) is 98.6 Å². The Morgan fingerprint density at radius 1 is 1.35 bits per heavy atom. The van der Waals surface area contributed by atoms with Gasteiger partial charge in [-0.15, -0.1) is 5.10 Å². The molecule has 0 aliphatic carbocycles. The summed E-state index contributed by atoms with van der Waals surface area (Å²) in [5.41, 5.74) is -0.0610. The second-order valence-electron chi connectivity index (χ2n) is 4.49. The van der Waals surface area contributed by atoms with E-state index >= 15 is 0 Å².